The van der Waals surface area contributed by atoms with E-state index in [-0.39, 0.29) is 12.5 Å². The number of nitrogens with zero attached hydrogens (tertiary/aromatic N) is 2. The van der Waals surface area contributed by atoms with Gasteiger partial charge in [-0.3, -0.25) is 9.48 Å². The summed E-state index contributed by atoms with van der Waals surface area (Å²) in [6.45, 7) is 1.85. The van der Waals surface area contributed by atoms with Crippen LogP contribution in [0.5, 0.6) is 0 Å². The van der Waals surface area contributed by atoms with Crippen LogP contribution in [0.2, 0.25) is 0 Å². The minimum Gasteiger partial charge on any atom is -0.383 e. The lowest BCUT2D eigenvalue weighted by Gasteiger charge is -2.22. The van der Waals surface area contributed by atoms with E-state index in [1.165, 1.54) is 5.56 Å². The summed E-state index contributed by atoms with van der Waals surface area (Å²) in [6, 6.07) is 2.02. The van der Waals surface area contributed by atoms with Crippen LogP contribution >= 0.6 is 11.3 Å². The first-order valence-corrected chi connectivity index (χ1v) is 7.41. The van der Waals surface area contributed by atoms with E-state index in [0.717, 1.165) is 6.42 Å². The molecule has 2 aromatic heterocycles. The summed E-state index contributed by atoms with van der Waals surface area (Å²) >= 11 is 1.63. The quantitative estimate of drug-likeness (QED) is 0.847. The Morgan fingerprint density at radius 1 is 1.60 bits per heavy atom. The molecule has 0 aliphatic rings. The highest BCUT2D eigenvalue weighted by Gasteiger charge is 2.25. The summed E-state index contributed by atoms with van der Waals surface area (Å²) in [4.78, 5) is 11.8. The van der Waals surface area contributed by atoms with Crippen molar-refractivity contribution in [3.05, 3.63) is 40.3 Å². The minimum atomic E-state index is -1.10. The Hall–Kier alpha value is -1.66. The van der Waals surface area contributed by atoms with Gasteiger partial charge >= 0.3 is 0 Å². The Kier molecular flexibility index (Phi) is 4.57. The van der Waals surface area contributed by atoms with Gasteiger partial charge in [-0.2, -0.15) is 16.4 Å². The van der Waals surface area contributed by atoms with Gasteiger partial charge in [0.1, 0.15) is 5.60 Å². The zero-order chi connectivity index (χ0) is 14.6. The fraction of sp³-hybridized carbons (Fsp3) is 0.429. The van der Waals surface area contributed by atoms with Crippen LogP contribution in [0.25, 0.3) is 0 Å². The topological polar surface area (TPSA) is 67.2 Å². The van der Waals surface area contributed by atoms with E-state index < -0.39 is 5.60 Å². The number of carbonyl (C=O) groups is 1. The lowest BCUT2D eigenvalue weighted by molar-refractivity contribution is -0.122. The summed E-state index contributed by atoms with van der Waals surface area (Å²) in [6.07, 6.45) is 4.51. The molecule has 1 unspecified atom stereocenters. The third kappa shape index (κ3) is 3.91. The number of nitrogens with one attached hydrogen (secondary N) is 1. The molecule has 0 aliphatic carbocycles. The van der Waals surface area contributed by atoms with Crippen LogP contribution in [0.15, 0.2) is 29.2 Å². The Labute approximate surface area is 122 Å². The van der Waals surface area contributed by atoms with E-state index in [0.29, 0.717) is 12.0 Å². The maximum Gasteiger partial charge on any atom is 0.220 e. The van der Waals surface area contributed by atoms with Gasteiger partial charge in [0.05, 0.1) is 12.7 Å². The zero-order valence-corrected chi connectivity index (χ0v) is 12.5. The highest BCUT2D eigenvalue weighted by atomic mass is 32.1. The minimum absolute atomic E-state index is 0.0552. The molecular formula is C14H19N3O2S. The molecule has 2 heterocycles. The Morgan fingerprint density at radius 3 is 3.00 bits per heavy atom. The van der Waals surface area contributed by atoms with Gasteiger partial charge in [0, 0.05) is 25.2 Å². The van der Waals surface area contributed by atoms with Crippen molar-refractivity contribution >= 4 is 17.2 Å². The average Bonchev–Trinajstić information content (AvgIpc) is 3.05. The summed E-state index contributed by atoms with van der Waals surface area (Å²) in [5.74, 6) is -0.0552. The van der Waals surface area contributed by atoms with Gasteiger partial charge in [-0.25, -0.2) is 0 Å². The highest BCUT2D eigenvalue weighted by Crippen LogP contribution is 2.18. The number of carbonyl (C=O) groups excluding carboxylic acids is 1. The molecule has 1 amide bonds. The largest absolute Gasteiger partial charge is 0.383 e. The van der Waals surface area contributed by atoms with Crippen molar-refractivity contribution in [3.8, 4) is 0 Å². The van der Waals surface area contributed by atoms with Gasteiger partial charge in [-0.05, 0) is 35.7 Å². The van der Waals surface area contributed by atoms with Crippen LogP contribution in [0.3, 0.4) is 0 Å². The van der Waals surface area contributed by atoms with Gasteiger partial charge in [-0.15, -0.1) is 0 Å². The number of aryl methyl sites for hydroxylation is 2. The molecule has 0 radical (unpaired) electrons. The van der Waals surface area contributed by atoms with Crippen molar-refractivity contribution in [3.63, 3.8) is 0 Å². The molecule has 108 valence electrons. The van der Waals surface area contributed by atoms with Crippen LogP contribution in [0, 0.1) is 0 Å². The van der Waals surface area contributed by atoms with Crippen LogP contribution in [0.1, 0.15) is 24.5 Å². The average molecular weight is 293 g/mol. The Morgan fingerprint density at radius 2 is 2.40 bits per heavy atom. The van der Waals surface area contributed by atoms with Crippen molar-refractivity contribution in [1.82, 2.24) is 15.1 Å². The third-order valence-corrected chi connectivity index (χ3v) is 3.91. The maximum absolute atomic E-state index is 11.8. The standard InChI is InChI=1S/C14H19N3O2S/c1-14(19,12-7-16-17(2)8-12)10-15-13(18)4-3-11-5-6-20-9-11/h5-9,19H,3-4,10H2,1-2H3,(H,15,18). The number of hydrogen-bond donors (Lipinski definition) is 2. The number of hydrogen-bond acceptors (Lipinski definition) is 4. The fourth-order valence-corrected chi connectivity index (χ4v) is 2.56. The van der Waals surface area contributed by atoms with E-state index >= 15 is 0 Å². The molecule has 0 aliphatic heterocycles. The van der Waals surface area contributed by atoms with Crippen LogP contribution in [-0.2, 0) is 23.9 Å². The molecule has 2 N–H and O–H groups in total. The first kappa shape index (κ1) is 14.7. The number of aliphatic hydroxyl groups is 1. The molecule has 6 heteroatoms. The van der Waals surface area contributed by atoms with Gasteiger partial charge in [0.2, 0.25) is 5.91 Å². The Bertz CT molecular complexity index is 561. The molecule has 1 atom stereocenters. The number of aromatic nitrogens is 2. The highest BCUT2D eigenvalue weighted by molar-refractivity contribution is 7.07. The molecular weight excluding hydrogens is 274 g/mol. The summed E-state index contributed by atoms with van der Waals surface area (Å²) in [5.41, 5.74) is 0.758. The normalized spacial score (nSPS) is 13.9. The van der Waals surface area contributed by atoms with Crippen molar-refractivity contribution < 1.29 is 9.90 Å². The summed E-state index contributed by atoms with van der Waals surface area (Å²) in [7, 11) is 1.79. The Balaban J connectivity index is 1.80. The zero-order valence-electron chi connectivity index (χ0n) is 11.7. The van der Waals surface area contributed by atoms with Gasteiger partial charge in [0.15, 0.2) is 0 Å². The number of rotatable bonds is 6. The second kappa shape index (κ2) is 6.19. The van der Waals surface area contributed by atoms with E-state index in [9.17, 15) is 9.90 Å². The number of thiophene rings is 1. The number of amides is 1. The summed E-state index contributed by atoms with van der Waals surface area (Å²) < 4.78 is 1.63. The molecule has 0 saturated heterocycles. The molecule has 20 heavy (non-hydrogen) atoms. The fourth-order valence-electron chi connectivity index (χ4n) is 1.85. The predicted molar refractivity (Wildman–Crippen MR) is 78.4 cm³/mol. The second-order valence-electron chi connectivity index (χ2n) is 5.08. The van der Waals surface area contributed by atoms with E-state index in [2.05, 4.69) is 10.4 Å². The van der Waals surface area contributed by atoms with Gasteiger partial charge in [-0.1, -0.05) is 0 Å². The monoisotopic (exact) mass is 293 g/mol. The lowest BCUT2D eigenvalue weighted by Crippen LogP contribution is -2.38. The van der Waals surface area contributed by atoms with Gasteiger partial charge < -0.3 is 10.4 Å². The summed E-state index contributed by atoms with van der Waals surface area (Å²) in [5, 5.41) is 21.2. The molecule has 2 rings (SSSR count). The van der Waals surface area contributed by atoms with Crippen LogP contribution in [-0.4, -0.2) is 27.3 Å². The van der Waals surface area contributed by atoms with E-state index in [4.69, 9.17) is 0 Å². The second-order valence-corrected chi connectivity index (χ2v) is 5.86. The SMILES string of the molecule is Cn1cc(C(C)(O)CNC(=O)CCc2ccsc2)cn1. The van der Waals surface area contributed by atoms with Crippen molar-refractivity contribution in [1.29, 1.82) is 0 Å². The predicted octanol–water partition coefficient (Wildman–Crippen LogP) is 1.44. The van der Waals surface area contributed by atoms with Crippen molar-refractivity contribution in [2.45, 2.75) is 25.4 Å². The first-order chi connectivity index (χ1) is 9.47. The van der Waals surface area contributed by atoms with E-state index in [1.807, 2.05) is 16.8 Å². The van der Waals surface area contributed by atoms with Crippen LogP contribution in [0.4, 0.5) is 0 Å². The van der Waals surface area contributed by atoms with E-state index in [1.54, 1.807) is 42.4 Å². The molecule has 0 fully saturated rings. The molecule has 0 saturated carbocycles. The maximum atomic E-state index is 11.8. The van der Waals surface area contributed by atoms with Crippen molar-refractivity contribution in [2.24, 2.45) is 7.05 Å². The molecule has 2 aromatic rings. The molecule has 5 nitrogen and oxygen atoms in total. The van der Waals surface area contributed by atoms with Gasteiger partial charge in [0.25, 0.3) is 0 Å². The molecule has 0 aromatic carbocycles. The van der Waals surface area contributed by atoms with Crippen molar-refractivity contribution in [2.75, 3.05) is 6.54 Å². The van der Waals surface area contributed by atoms with Crippen LogP contribution < -0.4 is 5.32 Å². The first-order valence-electron chi connectivity index (χ1n) is 6.46. The smallest absolute Gasteiger partial charge is 0.220 e. The molecule has 0 bridgehead atoms. The lowest BCUT2D eigenvalue weighted by atomic mass is 9.99. The third-order valence-electron chi connectivity index (χ3n) is 3.18. The molecule has 0 spiro atoms.